The van der Waals surface area contributed by atoms with Crippen LogP contribution in [0.2, 0.25) is 0 Å². The third-order valence-corrected chi connectivity index (χ3v) is 5.82. The normalized spacial score (nSPS) is 29.5. The Morgan fingerprint density at radius 2 is 1.85 bits per heavy atom. The van der Waals surface area contributed by atoms with Crippen LogP contribution in [0.4, 0.5) is 0 Å². The molecule has 2 atom stereocenters. The van der Waals surface area contributed by atoms with Crippen LogP contribution in [0.15, 0.2) is 30.3 Å². The van der Waals surface area contributed by atoms with Crippen LogP contribution in [0.25, 0.3) is 0 Å². The lowest BCUT2D eigenvalue weighted by Crippen LogP contribution is -2.64. The molecule has 0 radical (unpaired) electrons. The van der Waals surface area contributed by atoms with Gasteiger partial charge in [0.05, 0.1) is 6.61 Å². The highest BCUT2D eigenvalue weighted by Crippen LogP contribution is 2.54. The van der Waals surface area contributed by atoms with Crippen molar-refractivity contribution in [2.75, 3.05) is 13.2 Å². The zero-order chi connectivity index (χ0) is 19.7. The van der Waals surface area contributed by atoms with Gasteiger partial charge in [0.1, 0.15) is 5.60 Å². The molecule has 1 aromatic carbocycles. The summed E-state index contributed by atoms with van der Waals surface area (Å²) in [6.45, 7) is 5.97. The number of ether oxygens (including phenoxy) is 1. The van der Waals surface area contributed by atoms with Crippen molar-refractivity contribution >= 4 is 11.9 Å². The van der Waals surface area contributed by atoms with Gasteiger partial charge < -0.3 is 14.7 Å². The van der Waals surface area contributed by atoms with E-state index in [0.29, 0.717) is 12.8 Å². The fourth-order valence-electron chi connectivity index (χ4n) is 4.04. The van der Waals surface area contributed by atoms with E-state index in [9.17, 15) is 14.7 Å². The summed E-state index contributed by atoms with van der Waals surface area (Å²) in [5, 5.41) is 11.2. The largest absolute Gasteiger partial charge is 0.465 e. The number of aliphatic hydroxyl groups is 1. The van der Waals surface area contributed by atoms with Gasteiger partial charge >= 0.3 is 5.97 Å². The summed E-state index contributed by atoms with van der Waals surface area (Å²) < 4.78 is 5.27. The number of nitrogens with zero attached hydrogens (tertiary/aromatic N) is 1. The maximum atomic E-state index is 13.0. The molecule has 7 heteroatoms. The predicted octanol–water partition coefficient (Wildman–Crippen LogP) is 2.18. The van der Waals surface area contributed by atoms with E-state index in [1.807, 2.05) is 44.2 Å². The lowest BCUT2D eigenvalue weighted by Gasteiger charge is -2.47. The molecule has 27 heavy (non-hydrogen) atoms. The van der Waals surface area contributed by atoms with E-state index in [0.717, 1.165) is 5.56 Å². The lowest BCUT2D eigenvalue weighted by atomic mass is 9.70. The average Bonchev–Trinajstić information content (AvgIpc) is 2.90. The highest BCUT2D eigenvalue weighted by molar-refractivity contribution is 5.96. The second kappa shape index (κ2) is 7.22. The Kier molecular flexibility index (Phi) is 5.29. The summed E-state index contributed by atoms with van der Waals surface area (Å²) in [6.07, 6.45) is 1.31. The first-order valence-electron chi connectivity index (χ1n) is 9.46. The second-order valence-electron chi connectivity index (χ2n) is 7.33. The molecule has 0 aromatic heterocycles. The number of hydrogen-bond acceptors (Lipinski definition) is 6. The van der Waals surface area contributed by atoms with Gasteiger partial charge in [-0.1, -0.05) is 44.2 Å². The van der Waals surface area contributed by atoms with Crippen LogP contribution in [0.3, 0.4) is 0 Å². The zero-order valence-corrected chi connectivity index (χ0v) is 16.1. The molecule has 3 rings (SSSR count). The minimum atomic E-state index is -2.39. The first kappa shape index (κ1) is 19.8. The van der Waals surface area contributed by atoms with Crippen molar-refractivity contribution in [1.82, 2.24) is 4.90 Å². The summed E-state index contributed by atoms with van der Waals surface area (Å²) >= 11 is 0. The number of hydrogen-bond donors (Lipinski definition) is 1. The zero-order valence-electron chi connectivity index (χ0n) is 16.1. The van der Waals surface area contributed by atoms with Crippen molar-refractivity contribution in [1.29, 1.82) is 0 Å². The maximum Gasteiger partial charge on any atom is 0.320 e. The van der Waals surface area contributed by atoms with Crippen LogP contribution in [0.1, 0.15) is 45.6 Å². The molecule has 1 amide bonds. The van der Waals surface area contributed by atoms with Crippen LogP contribution >= 0.6 is 0 Å². The molecule has 2 saturated heterocycles. The lowest BCUT2D eigenvalue weighted by molar-refractivity contribution is -0.492. The second-order valence-corrected chi connectivity index (χ2v) is 7.33. The topological polar surface area (TPSA) is 85.3 Å². The molecule has 2 aliphatic rings. The first-order valence-corrected chi connectivity index (χ1v) is 9.46. The SMILES string of the molecule is CCOC(=O)C12CN(Cc3ccccc3)C(=O)C1(O)OOC(CC)(CC)C2. The predicted molar refractivity (Wildman–Crippen MR) is 96.0 cm³/mol. The van der Waals surface area contributed by atoms with E-state index in [4.69, 9.17) is 14.5 Å². The van der Waals surface area contributed by atoms with Gasteiger partial charge in [-0.15, -0.1) is 0 Å². The number of benzene rings is 1. The minimum Gasteiger partial charge on any atom is -0.465 e. The Bertz CT molecular complexity index is 704. The molecule has 7 nitrogen and oxygen atoms in total. The summed E-state index contributed by atoms with van der Waals surface area (Å²) in [6, 6.07) is 9.40. The van der Waals surface area contributed by atoms with Crippen LogP contribution in [0, 0.1) is 5.41 Å². The van der Waals surface area contributed by atoms with Crippen LogP contribution in [-0.2, 0) is 30.6 Å². The maximum absolute atomic E-state index is 13.0. The van der Waals surface area contributed by atoms with Gasteiger partial charge in [0.25, 0.3) is 11.7 Å². The molecule has 1 aromatic rings. The fraction of sp³-hybridized carbons (Fsp3) is 0.600. The summed E-state index contributed by atoms with van der Waals surface area (Å²) in [5.41, 5.74) is -1.40. The van der Waals surface area contributed by atoms with E-state index in [-0.39, 0.29) is 26.1 Å². The van der Waals surface area contributed by atoms with Crippen LogP contribution in [0.5, 0.6) is 0 Å². The number of likely N-dealkylation sites (tertiary alicyclic amines) is 1. The average molecular weight is 377 g/mol. The Balaban J connectivity index is 2.00. The van der Waals surface area contributed by atoms with Crippen molar-refractivity contribution in [3.63, 3.8) is 0 Å². The Hall–Kier alpha value is -1.96. The highest BCUT2D eigenvalue weighted by atomic mass is 17.2. The van der Waals surface area contributed by atoms with E-state index < -0.39 is 28.7 Å². The van der Waals surface area contributed by atoms with Crippen molar-refractivity contribution in [2.24, 2.45) is 5.41 Å². The molecule has 2 unspecified atom stereocenters. The molecular formula is C20H27NO6. The van der Waals surface area contributed by atoms with Crippen LogP contribution in [-0.4, -0.2) is 46.4 Å². The third-order valence-electron chi connectivity index (χ3n) is 5.82. The summed E-state index contributed by atoms with van der Waals surface area (Å²) in [5.74, 6) is -3.70. The molecule has 2 heterocycles. The van der Waals surface area contributed by atoms with Gasteiger partial charge in [-0.3, -0.25) is 9.59 Å². The summed E-state index contributed by atoms with van der Waals surface area (Å²) in [7, 11) is 0. The molecule has 1 N–H and O–H groups in total. The molecule has 0 aliphatic carbocycles. The van der Waals surface area contributed by atoms with Gasteiger partial charge in [-0.05, 0) is 25.3 Å². The van der Waals surface area contributed by atoms with Crippen molar-refractivity contribution in [3.8, 4) is 0 Å². The van der Waals surface area contributed by atoms with E-state index in [1.54, 1.807) is 6.92 Å². The van der Waals surface area contributed by atoms with Crippen molar-refractivity contribution in [2.45, 2.75) is 58.0 Å². The number of esters is 1. The molecule has 2 fully saturated rings. The van der Waals surface area contributed by atoms with E-state index in [1.165, 1.54) is 4.90 Å². The number of rotatable bonds is 6. The highest BCUT2D eigenvalue weighted by Gasteiger charge is 2.74. The van der Waals surface area contributed by atoms with Crippen LogP contribution < -0.4 is 0 Å². The molecule has 148 valence electrons. The minimum absolute atomic E-state index is 0.0151. The smallest absolute Gasteiger partial charge is 0.320 e. The molecule has 0 bridgehead atoms. The van der Waals surface area contributed by atoms with Gasteiger partial charge in [0.15, 0.2) is 5.41 Å². The van der Waals surface area contributed by atoms with Gasteiger partial charge in [-0.25, -0.2) is 4.89 Å². The van der Waals surface area contributed by atoms with E-state index >= 15 is 0 Å². The molecule has 2 aliphatic heterocycles. The third kappa shape index (κ3) is 3.03. The summed E-state index contributed by atoms with van der Waals surface area (Å²) in [4.78, 5) is 38.2. The Morgan fingerprint density at radius 1 is 1.19 bits per heavy atom. The van der Waals surface area contributed by atoms with Gasteiger partial charge in [-0.2, -0.15) is 4.89 Å². The number of carbonyl (C=O) groups is 2. The monoisotopic (exact) mass is 377 g/mol. The number of amides is 1. The first-order chi connectivity index (χ1) is 12.9. The molecule has 0 saturated carbocycles. The van der Waals surface area contributed by atoms with Gasteiger partial charge in [0, 0.05) is 19.5 Å². The number of carbonyl (C=O) groups excluding carboxylic acids is 2. The quantitative estimate of drug-likeness (QED) is 0.604. The fourth-order valence-corrected chi connectivity index (χ4v) is 4.04. The van der Waals surface area contributed by atoms with E-state index in [2.05, 4.69) is 0 Å². The van der Waals surface area contributed by atoms with Gasteiger partial charge in [0.2, 0.25) is 0 Å². The van der Waals surface area contributed by atoms with Crippen molar-refractivity contribution in [3.05, 3.63) is 35.9 Å². The number of fused-ring (bicyclic) bond motifs is 1. The Labute approximate surface area is 159 Å². The standard InChI is InChI=1S/C20H27NO6/c1-4-18(5-2)13-19(17(23)25-6-3)14-21(12-15-10-8-7-9-11-15)16(22)20(19,24)27-26-18/h7-11,24H,4-6,12-14H2,1-3H3. The Morgan fingerprint density at radius 3 is 2.44 bits per heavy atom. The molecule has 0 spiro atoms. The molecular weight excluding hydrogens is 350 g/mol. The van der Waals surface area contributed by atoms with Crippen molar-refractivity contribution < 1.29 is 29.2 Å².